The largest absolute Gasteiger partial charge is 0.472 e. The number of hydrogen-bond acceptors (Lipinski definition) is 11. The highest BCUT2D eigenvalue weighted by molar-refractivity contribution is 7.47. The quantitative estimate of drug-likeness (QED) is 0.0191. The lowest BCUT2D eigenvalue weighted by Crippen LogP contribution is -2.37. The van der Waals surface area contributed by atoms with E-state index in [1.807, 2.05) is 27.2 Å². The summed E-state index contributed by atoms with van der Waals surface area (Å²) >= 11 is 0. The summed E-state index contributed by atoms with van der Waals surface area (Å²) in [6.45, 7) is 8.28. The number of Topliss-reactive ketones (excluding diaryl/α,β-unsaturated/α-hetero) is 1. The van der Waals surface area contributed by atoms with Gasteiger partial charge in [-0.05, 0) is 63.5 Å². The van der Waals surface area contributed by atoms with Crippen LogP contribution < -0.4 is 0 Å². The lowest BCUT2D eigenvalue weighted by molar-refractivity contribution is -0.870. The predicted octanol–water partition coefficient (Wildman–Crippen LogP) is 9.60. The van der Waals surface area contributed by atoms with E-state index < -0.39 is 44.7 Å². The zero-order chi connectivity index (χ0) is 46.0. The number of aliphatic hydroxyl groups is 2. The molecule has 13 nitrogen and oxygen atoms in total. The molecule has 62 heavy (non-hydrogen) atoms. The van der Waals surface area contributed by atoms with Crippen molar-refractivity contribution in [2.45, 2.75) is 194 Å². The van der Waals surface area contributed by atoms with Crippen LogP contribution >= 0.6 is 7.82 Å². The SMILES string of the molecule is CCCCCc1oc(CCCCCCCCC(=O)O[C@H](COC(=O)CCCCCC[C@H]2C(=O)C[C@@H](O)[C@@H]2/C=C/[C@@H](O)CCCCC)COP(=O)(O)OCC[N+](C)(C)C)c(C)c1C. The number of ketones is 1. The molecule has 0 aliphatic heterocycles. The van der Waals surface area contributed by atoms with E-state index in [1.54, 1.807) is 6.08 Å². The number of unbranched alkanes of at least 4 members (excludes halogenated alkanes) is 12. The molecule has 6 atom stereocenters. The average Bonchev–Trinajstić information content (AvgIpc) is 3.63. The van der Waals surface area contributed by atoms with Crippen molar-refractivity contribution in [2.75, 3.05) is 47.5 Å². The van der Waals surface area contributed by atoms with Gasteiger partial charge in [0.15, 0.2) is 6.10 Å². The van der Waals surface area contributed by atoms with E-state index in [4.69, 9.17) is 22.9 Å². The predicted molar refractivity (Wildman–Crippen MR) is 243 cm³/mol. The van der Waals surface area contributed by atoms with Crippen molar-refractivity contribution in [3.8, 4) is 0 Å². The van der Waals surface area contributed by atoms with Crippen LogP contribution in [-0.2, 0) is 50.3 Å². The van der Waals surface area contributed by atoms with Gasteiger partial charge in [0, 0.05) is 43.9 Å². The fourth-order valence-corrected chi connectivity index (χ4v) is 8.54. The van der Waals surface area contributed by atoms with Crippen LogP contribution in [-0.4, -0.2) is 103 Å². The molecule has 0 bridgehead atoms. The molecule has 14 heteroatoms. The van der Waals surface area contributed by atoms with Gasteiger partial charge in [-0.15, -0.1) is 0 Å². The molecular formula is C48H85NO12P+. The lowest BCUT2D eigenvalue weighted by Gasteiger charge is -2.24. The first-order chi connectivity index (χ1) is 29.5. The van der Waals surface area contributed by atoms with Gasteiger partial charge in [0.25, 0.3) is 0 Å². The van der Waals surface area contributed by atoms with E-state index in [1.165, 1.54) is 24.0 Å². The maximum Gasteiger partial charge on any atom is 0.472 e. The molecule has 1 heterocycles. The maximum atomic E-state index is 12.8. The Balaban J connectivity index is 1.75. The molecule has 0 aromatic carbocycles. The number of nitrogens with zero attached hydrogens (tertiary/aromatic N) is 1. The third-order valence-electron chi connectivity index (χ3n) is 11.9. The number of quaternary nitrogens is 1. The second-order valence-electron chi connectivity index (χ2n) is 18.5. The zero-order valence-corrected chi connectivity index (χ0v) is 40.4. The van der Waals surface area contributed by atoms with Gasteiger partial charge >= 0.3 is 19.8 Å². The minimum absolute atomic E-state index is 0.0151. The summed E-state index contributed by atoms with van der Waals surface area (Å²) in [5.41, 5.74) is 2.57. The summed E-state index contributed by atoms with van der Waals surface area (Å²) in [5, 5.41) is 20.8. The normalized spacial score (nSPS) is 18.9. The molecule has 2 rings (SSSR count). The van der Waals surface area contributed by atoms with Crippen molar-refractivity contribution < 1.29 is 61.5 Å². The minimum Gasteiger partial charge on any atom is -0.466 e. The molecule has 0 amide bonds. The third kappa shape index (κ3) is 24.1. The first-order valence-electron chi connectivity index (χ1n) is 23.9. The van der Waals surface area contributed by atoms with Crippen LogP contribution in [0.1, 0.15) is 171 Å². The maximum absolute atomic E-state index is 12.8. The highest BCUT2D eigenvalue weighted by atomic mass is 31.2. The number of aryl methyl sites for hydroxylation is 2. The second-order valence-corrected chi connectivity index (χ2v) is 20.0. The monoisotopic (exact) mass is 899 g/mol. The van der Waals surface area contributed by atoms with Gasteiger partial charge in [-0.25, -0.2) is 4.57 Å². The standard InChI is InChI=1S/C48H84NO12P/c1-8-10-18-24-39(50)30-31-42-41(43(51)34-44(42)52)25-20-16-17-22-28-47(53)57-35-40(36-59-62(55,56)58-33-32-49(5,6)7)60-48(54)29-23-15-13-12-14-21-27-46-38(4)37(3)45(61-46)26-19-11-9-2/h30-31,39-42,44,50,52H,8-29,32-36H2,1-7H3/p+1/b31-30+/t39-,40+,41+,42+,44+/m0/s1. The van der Waals surface area contributed by atoms with Crippen molar-refractivity contribution in [3.05, 3.63) is 34.8 Å². The van der Waals surface area contributed by atoms with E-state index in [-0.39, 0.29) is 50.1 Å². The number of rotatable bonds is 36. The first kappa shape index (κ1) is 55.8. The summed E-state index contributed by atoms with van der Waals surface area (Å²) in [7, 11) is 1.32. The zero-order valence-electron chi connectivity index (χ0n) is 39.5. The number of aliphatic hydroxyl groups excluding tert-OH is 2. The fourth-order valence-electron chi connectivity index (χ4n) is 7.79. The van der Waals surface area contributed by atoms with Crippen LogP contribution in [0.25, 0.3) is 0 Å². The van der Waals surface area contributed by atoms with E-state index in [9.17, 15) is 34.1 Å². The highest BCUT2D eigenvalue weighted by Gasteiger charge is 2.39. The Morgan fingerprint density at radius 1 is 0.806 bits per heavy atom. The number of hydrogen-bond donors (Lipinski definition) is 3. The molecule has 1 aromatic rings. The number of phosphoric acid groups is 1. The van der Waals surface area contributed by atoms with Crippen LogP contribution in [0.5, 0.6) is 0 Å². The van der Waals surface area contributed by atoms with Crippen molar-refractivity contribution in [1.29, 1.82) is 0 Å². The van der Waals surface area contributed by atoms with Crippen LogP contribution in [0.15, 0.2) is 16.6 Å². The number of phosphoric ester groups is 1. The molecule has 1 fully saturated rings. The number of carbonyl (C=O) groups excluding carboxylic acids is 3. The summed E-state index contributed by atoms with van der Waals surface area (Å²) in [6, 6.07) is 0. The Bertz CT molecular complexity index is 1500. The summed E-state index contributed by atoms with van der Waals surface area (Å²) in [4.78, 5) is 48.4. The van der Waals surface area contributed by atoms with Gasteiger partial charge in [-0.2, -0.15) is 0 Å². The van der Waals surface area contributed by atoms with Gasteiger partial charge in [-0.1, -0.05) is 103 Å². The number of likely N-dealkylation sites (N-methyl/N-ethyl adjacent to an activating group) is 1. The van der Waals surface area contributed by atoms with Crippen LogP contribution in [0.2, 0.25) is 0 Å². The lowest BCUT2D eigenvalue weighted by atomic mass is 9.88. The first-order valence-corrected chi connectivity index (χ1v) is 25.4. The van der Waals surface area contributed by atoms with Crippen molar-refractivity contribution in [1.82, 2.24) is 0 Å². The van der Waals surface area contributed by atoms with Gasteiger partial charge < -0.3 is 33.5 Å². The molecule has 0 saturated heterocycles. The third-order valence-corrected chi connectivity index (χ3v) is 12.9. The molecule has 1 aliphatic rings. The Labute approximate surface area is 373 Å². The average molecular weight is 899 g/mol. The summed E-state index contributed by atoms with van der Waals surface area (Å²) in [5.74, 6) is 0.727. The fraction of sp³-hybridized carbons (Fsp3) is 0.812. The van der Waals surface area contributed by atoms with E-state index in [2.05, 4.69) is 27.7 Å². The summed E-state index contributed by atoms with van der Waals surface area (Å²) in [6.07, 6.45) is 19.9. The molecule has 1 aliphatic carbocycles. The molecular weight excluding hydrogens is 813 g/mol. The molecule has 1 unspecified atom stereocenters. The topological polar surface area (TPSA) is 179 Å². The second kappa shape index (κ2) is 30.7. The van der Waals surface area contributed by atoms with Gasteiger partial charge in [0.1, 0.15) is 37.1 Å². The Morgan fingerprint density at radius 2 is 1.37 bits per heavy atom. The van der Waals surface area contributed by atoms with Gasteiger partial charge in [-0.3, -0.25) is 23.4 Å². The van der Waals surface area contributed by atoms with Gasteiger partial charge in [0.2, 0.25) is 0 Å². The molecule has 358 valence electrons. The van der Waals surface area contributed by atoms with Crippen molar-refractivity contribution in [3.63, 3.8) is 0 Å². The molecule has 3 N–H and O–H groups in total. The summed E-state index contributed by atoms with van der Waals surface area (Å²) < 4.78 is 40.6. The Kier molecular flexibility index (Phi) is 27.6. The van der Waals surface area contributed by atoms with Crippen molar-refractivity contribution in [2.24, 2.45) is 11.8 Å². The molecule has 1 aromatic heterocycles. The van der Waals surface area contributed by atoms with E-state index >= 15 is 0 Å². The Hall–Kier alpha value is -2.38. The number of furan rings is 1. The number of ether oxygens (including phenoxy) is 2. The molecule has 1 saturated carbocycles. The van der Waals surface area contributed by atoms with Crippen LogP contribution in [0, 0.1) is 25.7 Å². The highest BCUT2D eigenvalue weighted by Crippen LogP contribution is 2.43. The smallest absolute Gasteiger partial charge is 0.466 e. The Morgan fingerprint density at radius 3 is 2.00 bits per heavy atom. The van der Waals surface area contributed by atoms with E-state index in [0.717, 1.165) is 101 Å². The van der Waals surface area contributed by atoms with Crippen LogP contribution in [0.3, 0.4) is 0 Å². The number of esters is 2. The minimum atomic E-state index is -4.45. The number of carbonyl (C=O) groups is 3. The van der Waals surface area contributed by atoms with E-state index in [0.29, 0.717) is 36.7 Å². The molecule has 0 spiro atoms. The van der Waals surface area contributed by atoms with Crippen molar-refractivity contribution >= 4 is 25.5 Å². The van der Waals surface area contributed by atoms with Crippen LogP contribution in [0.4, 0.5) is 0 Å². The van der Waals surface area contributed by atoms with Gasteiger partial charge in [0.05, 0.1) is 40.0 Å². The molecule has 0 radical (unpaired) electrons.